The molecule has 2 heteroatoms. The van der Waals surface area contributed by atoms with Gasteiger partial charge in [-0.3, -0.25) is 0 Å². The van der Waals surface area contributed by atoms with E-state index in [0.29, 0.717) is 0 Å². The highest BCUT2D eigenvalue weighted by atomic mass is 15.0. The van der Waals surface area contributed by atoms with Crippen molar-refractivity contribution in [3.63, 3.8) is 0 Å². The first-order valence-corrected chi connectivity index (χ1v) is 17.2. The monoisotopic (exact) mass is 636 g/mol. The Labute approximate surface area is 290 Å². The van der Waals surface area contributed by atoms with E-state index in [4.69, 9.17) is 0 Å². The van der Waals surface area contributed by atoms with Crippen LogP contribution < -0.4 is 0 Å². The van der Waals surface area contributed by atoms with Crippen LogP contribution >= 0.6 is 0 Å². The molecule has 0 saturated carbocycles. The summed E-state index contributed by atoms with van der Waals surface area (Å²) in [5.74, 6) is 0. The van der Waals surface area contributed by atoms with Gasteiger partial charge in [0.15, 0.2) is 0 Å². The van der Waals surface area contributed by atoms with Crippen LogP contribution in [0.4, 0.5) is 0 Å². The summed E-state index contributed by atoms with van der Waals surface area (Å²) in [7, 11) is 0. The number of benzene rings is 8. The maximum absolute atomic E-state index is 2.47. The van der Waals surface area contributed by atoms with Crippen LogP contribution in [0.2, 0.25) is 0 Å². The van der Waals surface area contributed by atoms with Crippen LogP contribution in [0.5, 0.6) is 0 Å². The van der Waals surface area contributed by atoms with Gasteiger partial charge in [0.05, 0.1) is 22.1 Å². The first-order valence-electron chi connectivity index (χ1n) is 17.2. The van der Waals surface area contributed by atoms with Crippen molar-refractivity contribution >= 4 is 43.6 Å². The summed E-state index contributed by atoms with van der Waals surface area (Å²) in [6, 6.07) is 70.3. The molecule has 0 unspecified atom stereocenters. The highest BCUT2D eigenvalue weighted by Gasteiger charge is 2.21. The van der Waals surface area contributed by atoms with Crippen molar-refractivity contribution in [2.45, 2.75) is 0 Å². The third-order valence-corrected chi connectivity index (χ3v) is 10.1. The minimum Gasteiger partial charge on any atom is -0.309 e. The highest BCUT2D eigenvalue weighted by Crippen LogP contribution is 2.43. The fourth-order valence-electron chi connectivity index (χ4n) is 7.80. The van der Waals surface area contributed by atoms with E-state index in [-0.39, 0.29) is 0 Å². The molecular formula is C48H32N2. The Morgan fingerprint density at radius 3 is 1.48 bits per heavy atom. The van der Waals surface area contributed by atoms with Crippen LogP contribution in [0.1, 0.15) is 0 Å². The van der Waals surface area contributed by atoms with Gasteiger partial charge in [-0.05, 0) is 81.9 Å². The first kappa shape index (κ1) is 28.4. The van der Waals surface area contributed by atoms with Gasteiger partial charge in [0.25, 0.3) is 0 Å². The molecule has 0 spiro atoms. The summed E-state index contributed by atoms with van der Waals surface area (Å²) in [6.07, 6.45) is 0. The molecule has 0 atom stereocenters. The third-order valence-electron chi connectivity index (χ3n) is 10.1. The lowest BCUT2D eigenvalue weighted by atomic mass is 9.99. The van der Waals surface area contributed by atoms with E-state index < -0.39 is 0 Å². The molecule has 50 heavy (non-hydrogen) atoms. The Hall–Kier alpha value is -6.64. The lowest BCUT2D eigenvalue weighted by Gasteiger charge is -2.11. The number of nitrogens with zero attached hydrogens (tertiary/aromatic N) is 2. The lowest BCUT2D eigenvalue weighted by Crippen LogP contribution is -1.95. The second-order valence-corrected chi connectivity index (χ2v) is 13.0. The molecule has 0 amide bonds. The summed E-state index contributed by atoms with van der Waals surface area (Å²) in [5, 5.41) is 5.02. The van der Waals surface area contributed by atoms with Crippen molar-refractivity contribution in [3.8, 4) is 44.8 Å². The maximum atomic E-state index is 2.47. The summed E-state index contributed by atoms with van der Waals surface area (Å²) < 4.78 is 4.90. The molecule has 0 fully saturated rings. The molecule has 0 aliphatic carbocycles. The molecule has 0 radical (unpaired) electrons. The SMILES string of the molecule is c1ccc(-c2cccc(-c3ccc(-n4c5ccccc5c5c4ccc4c6ccc(-c7ccccc7)cc6n(-c6ccccc6)c45)cc3)c2)cc1. The molecule has 2 aromatic heterocycles. The number of aromatic nitrogens is 2. The molecule has 10 rings (SSSR count). The predicted molar refractivity (Wildman–Crippen MR) is 211 cm³/mol. The predicted octanol–water partition coefficient (Wildman–Crippen LogP) is 12.9. The summed E-state index contributed by atoms with van der Waals surface area (Å²) in [5.41, 5.74) is 14.4. The third kappa shape index (κ3) is 4.50. The fraction of sp³-hybridized carbons (Fsp3) is 0. The number of hydrogen-bond donors (Lipinski definition) is 0. The van der Waals surface area contributed by atoms with Crippen LogP contribution in [-0.4, -0.2) is 9.13 Å². The van der Waals surface area contributed by atoms with Crippen LogP contribution in [0.15, 0.2) is 194 Å². The Morgan fingerprint density at radius 2 is 0.780 bits per heavy atom. The Bertz CT molecular complexity index is 2820. The zero-order valence-corrected chi connectivity index (χ0v) is 27.4. The van der Waals surface area contributed by atoms with Crippen molar-refractivity contribution in [1.82, 2.24) is 9.13 Å². The average molecular weight is 637 g/mol. The van der Waals surface area contributed by atoms with Crippen LogP contribution in [0, 0.1) is 0 Å². The van der Waals surface area contributed by atoms with Gasteiger partial charge in [0.2, 0.25) is 0 Å². The molecule has 234 valence electrons. The van der Waals surface area contributed by atoms with Gasteiger partial charge < -0.3 is 9.13 Å². The molecule has 2 nitrogen and oxygen atoms in total. The summed E-state index contributed by atoms with van der Waals surface area (Å²) >= 11 is 0. The molecule has 8 aromatic carbocycles. The molecule has 2 heterocycles. The van der Waals surface area contributed by atoms with E-state index >= 15 is 0 Å². The van der Waals surface area contributed by atoms with Gasteiger partial charge in [0, 0.05) is 32.9 Å². The molecule has 0 aliphatic rings. The highest BCUT2D eigenvalue weighted by molar-refractivity contribution is 6.26. The van der Waals surface area contributed by atoms with Crippen LogP contribution in [0.3, 0.4) is 0 Å². The molecular weight excluding hydrogens is 605 g/mol. The normalized spacial score (nSPS) is 11.6. The Balaban J connectivity index is 1.20. The Morgan fingerprint density at radius 1 is 0.260 bits per heavy atom. The maximum Gasteiger partial charge on any atom is 0.0641 e. The topological polar surface area (TPSA) is 9.86 Å². The minimum atomic E-state index is 1.15. The number of rotatable bonds is 5. The summed E-state index contributed by atoms with van der Waals surface area (Å²) in [4.78, 5) is 0. The molecule has 0 aliphatic heterocycles. The van der Waals surface area contributed by atoms with Gasteiger partial charge in [-0.2, -0.15) is 0 Å². The van der Waals surface area contributed by atoms with Gasteiger partial charge in [-0.1, -0.05) is 146 Å². The van der Waals surface area contributed by atoms with Crippen LogP contribution in [0.25, 0.3) is 88.4 Å². The van der Waals surface area contributed by atoms with E-state index in [0.717, 1.165) is 11.4 Å². The van der Waals surface area contributed by atoms with Gasteiger partial charge in [0.1, 0.15) is 0 Å². The zero-order valence-electron chi connectivity index (χ0n) is 27.4. The van der Waals surface area contributed by atoms with Gasteiger partial charge in [-0.25, -0.2) is 0 Å². The van der Waals surface area contributed by atoms with Gasteiger partial charge >= 0.3 is 0 Å². The molecule has 10 aromatic rings. The largest absolute Gasteiger partial charge is 0.309 e. The minimum absolute atomic E-state index is 1.15. The second-order valence-electron chi connectivity index (χ2n) is 13.0. The summed E-state index contributed by atoms with van der Waals surface area (Å²) in [6.45, 7) is 0. The van der Waals surface area contributed by atoms with E-state index in [1.165, 1.54) is 77.0 Å². The molecule has 0 saturated heterocycles. The molecule has 0 N–H and O–H groups in total. The van der Waals surface area contributed by atoms with E-state index in [9.17, 15) is 0 Å². The van der Waals surface area contributed by atoms with Crippen molar-refractivity contribution in [2.24, 2.45) is 0 Å². The fourth-order valence-corrected chi connectivity index (χ4v) is 7.80. The van der Waals surface area contributed by atoms with Crippen molar-refractivity contribution in [2.75, 3.05) is 0 Å². The van der Waals surface area contributed by atoms with Gasteiger partial charge in [-0.15, -0.1) is 0 Å². The zero-order chi connectivity index (χ0) is 33.0. The van der Waals surface area contributed by atoms with E-state index in [1.807, 2.05) is 0 Å². The van der Waals surface area contributed by atoms with Crippen molar-refractivity contribution < 1.29 is 0 Å². The van der Waals surface area contributed by atoms with Crippen molar-refractivity contribution in [1.29, 1.82) is 0 Å². The lowest BCUT2D eigenvalue weighted by molar-refractivity contribution is 1.17. The second kappa shape index (κ2) is 11.5. The smallest absolute Gasteiger partial charge is 0.0641 e. The quantitative estimate of drug-likeness (QED) is 0.178. The van der Waals surface area contributed by atoms with Crippen molar-refractivity contribution in [3.05, 3.63) is 194 Å². The molecule has 0 bridgehead atoms. The first-order chi connectivity index (χ1) is 24.8. The number of para-hydroxylation sites is 2. The number of fused-ring (bicyclic) bond motifs is 7. The van der Waals surface area contributed by atoms with Crippen LogP contribution in [-0.2, 0) is 0 Å². The Kier molecular flexibility index (Phi) is 6.53. The van der Waals surface area contributed by atoms with E-state index in [2.05, 4.69) is 203 Å². The van der Waals surface area contributed by atoms with E-state index in [1.54, 1.807) is 0 Å². The standard InChI is InChI=1S/C48H32N2/c1-4-13-33(14-5-1)36-17-12-18-37(31-36)35-23-26-40(27-24-35)49-44-22-11-10-21-43(44)47-45(49)30-29-42-41-28-25-38(34-15-6-2-7-16-34)32-46(41)50(48(42)47)39-19-8-3-9-20-39/h1-32H. The average Bonchev–Trinajstić information content (AvgIpc) is 3.71. The number of hydrogen-bond acceptors (Lipinski definition) is 0.